The number of nitrogens with one attached hydrogen (secondary N) is 1. The molecule has 9 heteroatoms. The Morgan fingerprint density at radius 2 is 2.00 bits per heavy atom. The van der Waals surface area contributed by atoms with Crippen molar-refractivity contribution in [3.05, 3.63) is 65.5 Å². The van der Waals surface area contributed by atoms with E-state index in [1.165, 1.54) is 6.20 Å². The first kappa shape index (κ1) is 18.0. The summed E-state index contributed by atoms with van der Waals surface area (Å²) < 4.78 is 8.75. The van der Waals surface area contributed by atoms with Crippen molar-refractivity contribution in [2.75, 3.05) is 12.4 Å². The molecule has 0 aliphatic rings. The van der Waals surface area contributed by atoms with Crippen molar-refractivity contribution >= 4 is 34.2 Å². The molecule has 4 rings (SSSR count). The van der Waals surface area contributed by atoms with E-state index in [0.29, 0.717) is 34.0 Å². The van der Waals surface area contributed by atoms with Crippen LogP contribution in [0.15, 0.2) is 49.2 Å². The molecule has 0 aliphatic carbocycles. The molecule has 0 spiro atoms. The third kappa shape index (κ3) is 3.29. The Morgan fingerprint density at radius 1 is 1.21 bits per heavy atom. The fraction of sp³-hybridized carbons (Fsp3) is 0.158. The van der Waals surface area contributed by atoms with Crippen LogP contribution in [0.5, 0.6) is 5.75 Å². The molecule has 3 aromatic heterocycles. The molecule has 8 nitrogen and oxygen atoms in total. The smallest absolute Gasteiger partial charge is 0.258 e. The second kappa shape index (κ2) is 7.32. The van der Waals surface area contributed by atoms with E-state index in [0.717, 1.165) is 5.69 Å². The Bertz CT molecular complexity index is 1150. The highest BCUT2D eigenvalue weighted by Crippen LogP contribution is 2.27. The molecule has 1 amide bonds. The number of aryl methyl sites for hydroxylation is 1. The summed E-state index contributed by atoms with van der Waals surface area (Å²) in [6, 6.07) is 7.04. The van der Waals surface area contributed by atoms with Gasteiger partial charge >= 0.3 is 0 Å². The molecule has 0 saturated carbocycles. The fourth-order valence-electron chi connectivity index (χ4n) is 2.83. The molecule has 0 aliphatic heterocycles. The van der Waals surface area contributed by atoms with Crippen LogP contribution in [0.1, 0.15) is 16.1 Å². The highest BCUT2D eigenvalue weighted by molar-refractivity contribution is 6.38. The van der Waals surface area contributed by atoms with E-state index in [-0.39, 0.29) is 11.5 Å². The van der Waals surface area contributed by atoms with Gasteiger partial charge in [0.1, 0.15) is 5.75 Å². The minimum absolute atomic E-state index is 0.282. The number of pyridine rings is 1. The number of benzene rings is 1. The van der Waals surface area contributed by atoms with E-state index < -0.39 is 0 Å². The number of ether oxygens (including phenoxy) is 1. The molecule has 28 heavy (non-hydrogen) atoms. The Kier molecular flexibility index (Phi) is 4.70. The number of amides is 1. The SMILES string of the molecule is COc1ccc(NC(=O)c2cnc3c(cnn3Cc3cncn3C)c2Cl)cc1. The summed E-state index contributed by atoms with van der Waals surface area (Å²) in [7, 11) is 3.50. The van der Waals surface area contributed by atoms with Gasteiger partial charge in [-0.2, -0.15) is 5.10 Å². The van der Waals surface area contributed by atoms with Gasteiger partial charge in [-0.15, -0.1) is 0 Å². The Labute approximate surface area is 165 Å². The standard InChI is InChI=1S/C19H17ClN6O2/c1-25-11-21-7-13(25)10-26-18-15(9-23-26)17(20)16(8-22-18)19(27)24-12-3-5-14(28-2)6-4-12/h3-9,11H,10H2,1-2H3,(H,24,27). The Morgan fingerprint density at radius 3 is 2.68 bits per heavy atom. The maximum absolute atomic E-state index is 12.6. The Hall–Kier alpha value is -3.39. The zero-order chi connectivity index (χ0) is 19.7. The van der Waals surface area contributed by atoms with Crippen LogP contribution in [-0.2, 0) is 13.6 Å². The number of halogens is 1. The molecule has 0 atom stereocenters. The molecule has 4 aromatic rings. The van der Waals surface area contributed by atoms with Gasteiger partial charge < -0.3 is 14.6 Å². The van der Waals surface area contributed by atoms with Crippen molar-refractivity contribution in [1.82, 2.24) is 24.3 Å². The van der Waals surface area contributed by atoms with Crippen LogP contribution in [-0.4, -0.2) is 37.3 Å². The number of methoxy groups -OCH3 is 1. The van der Waals surface area contributed by atoms with Crippen LogP contribution < -0.4 is 10.1 Å². The molecule has 0 unspecified atom stereocenters. The predicted molar refractivity (Wildman–Crippen MR) is 106 cm³/mol. The first-order valence-corrected chi connectivity index (χ1v) is 8.85. The molecule has 0 radical (unpaired) electrons. The zero-order valence-electron chi connectivity index (χ0n) is 15.3. The van der Waals surface area contributed by atoms with Crippen molar-refractivity contribution in [2.45, 2.75) is 6.54 Å². The molecule has 3 heterocycles. The second-order valence-electron chi connectivity index (χ2n) is 6.20. The summed E-state index contributed by atoms with van der Waals surface area (Å²) in [4.78, 5) is 21.1. The van der Waals surface area contributed by atoms with Crippen LogP contribution in [0.3, 0.4) is 0 Å². The molecule has 1 aromatic carbocycles. The highest BCUT2D eigenvalue weighted by Gasteiger charge is 2.17. The minimum atomic E-state index is -0.344. The van der Waals surface area contributed by atoms with Gasteiger partial charge in [-0.25, -0.2) is 14.6 Å². The predicted octanol–water partition coefficient (Wildman–Crippen LogP) is 3.13. The van der Waals surface area contributed by atoms with E-state index in [9.17, 15) is 4.79 Å². The minimum Gasteiger partial charge on any atom is -0.497 e. The van der Waals surface area contributed by atoms with Crippen LogP contribution >= 0.6 is 11.6 Å². The van der Waals surface area contributed by atoms with Crippen molar-refractivity contribution < 1.29 is 9.53 Å². The number of hydrogen-bond acceptors (Lipinski definition) is 5. The van der Waals surface area contributed by atoms with E-state index >= 15 is 0 Å². The second-order valence-corrected chi connectivity index (χ2v) is 6.58. The largest absolute Gasteiger partial charge is 0.497 e. The third-order valence-corrected chi connectivity index (χ3v) is 4.83. The highest BCUT2D eigenvalue weighted by atomic mass is 35.5. The van der Waals surface area contributed by atoms with E-state index in [1.807, 2.05) is 11.6 Å². The van der Waals surface area contributed by atoms with E-state index in [2.05, 4.69) is 20.4 Å². The van der Waals surface area contributed by atoms with E-state index in [1.54, 1.807) is 54.8 Å². The van der Waals surface area contributed by atoms with Gasteiger partial charge in [0, 0.05) is 18.9 Å². The quantitative estimate of drug-likeness (QED) is 0.560. The number of carbonyl (C=O) groups is 1. The number of rotatable bonds is 5. The lowest BCUT2D eigenvalue weighted by Gasteiger charge is -2.08. The summed E-state index contributed by atoms with van der Waals surface area (Å²) in [5.74, 6) is 0.365. The van der Waals surface area contributed by atoms with Crippen molar-refractivity contribution in [2.24, 2.45) is 7.05 Å². The number of nitrogens with zero attached hydrogens (tertiary/aromatic N) is 5. The average Bonchev–Trinajstić information content (AvgIpc) is 3.30. The maximum atomic E-state index is 12.6. The normalized spacial score (nSPS) is 11.0. The fourth-order valence-corrected chi connectivity index (χ4v) is 3.10. The van der Waals surface area contributed by atoms with Crippen LogP contribution in [0, 0.1) is 0 Å². The van der Waals surface area contributed by atoms with Gasteiger partial charge in [0.2, 0.25) is 0 Å². The van der Waals surface area contributed by atoms with Gasteiger partial charge in [-0.3, -0.25) is 4.79 Å². The monoisotopic (exact) mass is 396 g/mol. The number of hydrogen-bond donors (Lipinski definition) is 1. The van der Waals surface area contributed by atoms with Crippen molar-refractivity contribution in [1.29, 1.82) is 0 Å². The maximum Gasteiger partial charge on any atom is 0.258 e. The van der Waals surface area contributed by atoms with Crippen molar-refractivity contribution in [3.8, 4) is 5.75 Å². The van der Waals surface area contributed by atoms with Gasteiger partial charge in [0.05, 0.1) is 54.0 Å². The molecule has 1 N–H and O–H groups in total. The van der Waals surface area contributed by atoms with Crippen molar-refractivity contribution in [3.63, 3.8) is 0 Å². The lowest BCUT2D eigenvalue weighted by molar-refractivity contribution is 0.102. The third-order valence-electron chi connectivity index (χ3n) is 4.42. The Balaban J connectivity index is 1.60. The summed E-state index contributed by atoms with van der Waals surface area (Å²) in [6.07, 6.45) is 6.57. The van der Waals surface area contributed by atoms with Crippen LogP contribution in [0.2, 0.25) is 5.02 Å². The number of anilines is 1. The van der Waals surface area contributed by atoms with Gasteiger partial charge in [0.15, 0.2) is 5.65 Å². The number of fused-ring (bicyclic) bond motifs is 1. The summed E-state index contributed by atoms with van der Waals surface area (Å²) in [6.45, 7) is 0.501. The van der Waals surface area contributed by atoms with Gasteiger partial charge in [0.25, 0.3) is 5.91 Å². The van der Waals surface area contributed by atoms with Gasteiger partial charge in [-0.05, 0) is 24.3 Å². The van der Waals surface area contributed by atoms with Crippen LogP contribution in [0.25, 0.3) is 11.0 Å². The van der Waals surface area contributed by atoms with Gasteiger partial charge in [-0.1, -0.05) is 11.6 Å². The number of imidazole rings is 1. The summed E-state index contributed by atoms with van der Waals surface area (Å²) >= 11 is 6.49. The lowest BCUT2D eigenvalue weighted by Crippen LogP contribution is -2.13. The first-order chi connectivity index (χ1) is 13.6. The average molecular weight is 397 g/mol. The molecular weight excluding hydrogens is 380 g/mol. The van der Waals surface area contributed by atoms with Crippen LogP contribution in [0.4, 0.5) is 5.69 Å². The molecular formula is C19H17ClN6O2. The summed E-state index contributed by atoms with van der Waals surface area (Å²) in [5, 5.41) is 8.10. The number of carbonyl (C=O) groups excluding carboxylic acids is 1. The lowest BCUT2D eigenvalue weighted by atomic mass is 10.2. The first-order valence-electron chi connectivity index (χ1n) is 8.47. The molecule has 0 fully saturated rings. The summed E-state index contributed by atoms with van der Waals surface area (Å²) in [5.41, 5.74) is 2.50. The topological polar surface area (TPSA) is 86.9 Å². The zero-order valence-corrected chi connectivity index (χ0v) is 16.0. The molecule has 142 valence electrons. The molecule has 0 saturated heterocycles. The number of aromatic nitrogens is 5. The molecule has 0 bridgehead atoms. The van der Waals surface area contributed by atoms with E-state index in [4.69, 9.17) is 16.3 Å².